The molecule has 0 rings (SSSR count). The Hall–Kier alpha value is 1.60. The smallest absolute Gasteiger partial charge is 0.426 e. The van der Waals surface area contributed by atoms with Crippen LogP contribution in [0.25, 0.3) is 0 Å². The average molecular weight is 98.2 g/mol. The van der Waals surface area contributed by atoms with Crippen LogP contribution in [0.4, 0.5) is 0 Å². The number of aliphatic hydroxyl groups is 1. The monoisotopic (exact) mass is 98.0 g/mol. The van der Waals surface area contributed by atoms with Gasteiger partial charge < -0.3 is 12.0 Å². The predicted octanol–water partition coefficient (Wildman–Crippen LogP) is -2.79. The zero-order valence-electron chi connectivity index (χ0n) is 3.73. The molecule has 2 heteroatoms. The molecule has 1 N–H and O–H groups in total. The van der Waals surface area contributed by atoms with Crippen molar-refractivity contribution < 1.29 is 56.5 Å². The molecule has 1 nitrogen and oxygen atoms in total. The van der Waals surface area contributed by atoms with E-state index in [1.165, 1.54) is 0 Å². The van der Waals surface area contributed by atoms with Gasteiger partial charge in [-0.3, -0.25) is 0 Å². The van der Waals surface area contributed by atoms with Gasteiger partial charge in [0.05, 0.1) is 0 Å². The van der Waals surface area contributed by atoms with E-state index >= 15 is 0 Å². The van der Waals surface area contributed by atoms with Gasteiger partial charge >= 0.3 is 51.4 Å². The maximum absolute atomic E-state index is 7.94. The second-order valence-corrected chi connectivity index (χ2v) is 0.849. The first-order valence-electron chi connectivity index (χ1n) is 1.24. The molecule has 26 valence electrons. The Labute approximate surface area is 75.2 Å². The Morgan fingerprint density at radius 3 is 1.80 bits per heavy atom. The zero-order chi connectivity index (χ0) is 3.58. The summed E-state index contributed by atoms with van der Waals surface area (Å²) in [6.07, 6.45) is -0.417. The van der Waals surface area contributed by atoms with E-state index in [0.717, 1.165) is 0 Å². The molecule has 0 heterocycles. The molecule has 0 spiro atoms. The summed E-state index contributed by atoms with van der Waals surface area (Å²) in [4.78, 5) is 0. The molecule has 1 unspecified atom stereocenters. The van der Waals surface area contributed by atoms with Crippen LogP contribution < -0.4 is 51.4 Å². The largest absolute Gasteiger partial charge is 1.00 e. The molecule has 0 aromatic heterocycles. The first-order chi connectivity index (χ1) is 1.73. The van der Waals surface area contributed by atoms with Crippen molar-refractivity contribution in [3.8, 4) is 0 Å². The molecular formula is C3H7KO. The van der Waals surface area contributed by atoms with Crippen LogP contribution in [-0.2, 0) is 0 Å². The third-order valence-corrected chi connectivity index (χ3v) is 0. The maximum atomic E-state index is 7.94. The molecule has 0 aromatic rings. The predicted molar refractivity (Wildman–Crippen MR) is 17.0 cm³/mol. The van der Waals surface area contributed by atoms with Crippen LogP contribution in [-0.4, -0.2) is 11.2 Å². The number of aliphatic hydroxyl groups excluding tert-OH is 1. The average Bonchev–Trinajstić information content (AvgIpc) is 0.811. The van der Waals surface area contributed by atoms with Gasteiger partial charge in [-0.1, -0.05) is 13.0 Å². The van der Waals surface area contributed by atoms with Crippen molar-refractivity contribution >= 4 is 0 Å². The van der Waals surface area contributed by atoms with Gasteiger partial charge in [-0.2, -0.15) is 0 Å². The molecule has 0 aliphatic heterocycles. The van der Waals surface area contributed by atoms with Crippen molar-refractivity contribution in [1.29, 1.82) is 0 Å². The Bertz CT molecular complexity index is 11.6. The van der Waals surface area contributed by atoms with Crippen molar-refractivity contribution in [3.63, 3.8) is 0 Å². The second kappa shape index (κ2) is 5.60. The summed E-state index contributed by atoms with van der Waals surface area (Å²) in [5.41, 5.74) is 0. The Kier molecular flexibility index (Phi) is 10.9. The summed E-state index contributed by atoms with van der Waals surface area (Å²) in [6, 6.07) is 0. The summed E-state index contributed by atoms with van der Waals surface area (Å²) < 4.78 is 0. The van der Waals surface area contributed by atoms with Crippen LogP contribution in [0.2, 0.25) is 0 Å². The van der Waals surface area contributed by atoms with Gasteiger partial charge in [-0.25, -0.2) is 0 Å². The zero-order valence-corrected chi connectivity index (χ0v) is 6.85. The normalized spacial score (nSPS) is 12.6. The maximum Gasteiger partial charge on any atom is 1.00 e. The van der Waals surface area contributed by atoms with E-state index in [1.54, 1.807) is 6.92 Å². The van der Waals surface area contributed by atoms with E-state index in [0.29, 0.717) is 0 Å². The van der Waals surface area contributed by atoms with Crippen LogP contribution in [0.5, 0.6) is 0 Å². The molecule has 1 atom stereocenters. The number of hydrogen-bond acceptors (Lipinski definition) is 1. The van der Waals surface area contributed by atoms with Crippen molar-refractivity contribution in [2.45, 2.75) is 13.0 Å². The standard InChI is InChI=1S/C3H7O.K/c1-3(2)4;/h3-4H,1H2,2H3;/q-1;+1. The van der Waals surface area contributed by atoms with Crippen LogP contribution in [0.3, 0.4) is 0 Å². The molecule has 0 aliphatic rings. The summed E-state index contributed by atoms with van der Waals surface area (Å²) in [5, 5.41) is 7.94. The second-order valence-electron chi connectivity index (χ2n) is 0.849. The summed E-state index contributed by atoms with van der Waals surface area (Å²) in [6.45, 7) is 4.81. The number of hydrogen-bond donors (Lipinski definition) is 1. The molecule has 0 fully saturated rings. The quantitative estimate of drug-likeness (QED) is 0.256. The van der Waals surface area contributed by atoms with Gasteiger partial charge in [0.1, 0.15) is 0 Å². The molecule has 0 aromatic carbocycles. The molecule has 5 heavy (non-hydrogen) atoms. The molecule has 0 saturated heterocycles. The Morgan fingerprint density at radius 1 is 1.80 bits per heavy atom. The van der Waals surface area contributed by atoms with Gasteiger partial charge in [0.2, 0.25) is 0 Å². The summed E-state index contributed by atoms with van der Waals surface area (Å²) in [5.74, 6) is 0. The van der Waals surface area contributed by atoms with E-state index in [2.05, 4.69) is 6.92 Å². The molecule has 0 amide bonds. The third-order valence-electron chi connectivity index (χ3n) is 0. The minimum absolute atomic E-state index is 0. The number of rotatable bonds is 0. The van der Waals surface area contributed by atoms with E-state index in [4.69, 9.17) is 5.11 Å². The van der Waals surface area contributed by atoms with Crippen LogP contribution in [0, 0.1) is 6.92 Å². The van der Waals surface area contributed by atoms with Gasteiger partial charge in [-0.15, -0.1) is 0 Å². The minimum Gasteiger partial charge on any atom is -0.426 e. The van der Waals surface area contributed by atoms with Crippen molar-refractivity contribution in [1.82, 2.24) is 0 Å². The van der Waals surface area contributed by atoms with Gasteiger partial charge in [0, 0.05) is 0 Å². The SMILES string of the molecule is [CH2-]C(C)O.[K+]. The topological polar surface area (TPSA) is 20.2 Å². The van der Waals surface area contributed by atoms with Crippen LogP contribution >= 0.6 is 0 Å². The summed E-state index contributed by atoms with van der Waals surface area (Å²) in [7, 11) is 0. The fourth-order valence-corrected chi connectivity index (χ4v) is 0. The van der Waals surface area contributed by atoms with Crippen molar-refractivity contribution in [2.24, 2.45) is 0 Å². The van der Waals surface area contributed by atoms with Gasteiger partial charge in [0.25, 0.3) is 0 Å². The fourth-order valence-electron chi connectivity index (χ4n) is 0. The molecule has 0 bridgehead atoms. The molecular weight excluding hydrogens is 91.1 g/mol. The Morgan fingerprint density at radius 2 is 1.80 bits per heavy atom. The van der Waals surface area contributed by atoms with E-state index < -0.39 is 6.10 Å². The van der Waals surface area contributed by atoms with Crippen LogP contribution in [0.15, 0.2) is 0 Å². The molecule has 0 saturated carbocycles. The van der Waals surface area contributed by atoms with Gasteiger partial charge in [0.15, 0.2) is 0 Å². The molecule has 0 aliphatic carbocycles. The third kappa shape index (κ3) is 28.4. The van der Waals surface area contributed by atoms with Crippen LogP contribution in [0.1, 0.15) is 6.92 Å². The van der Waals surface area contributed by atoms with E-state index in [1.807, 2.05) is 0 Å². The fraction of sp³-hybridized carbons (Fsp3) is 0.667. The first kappa shape index (κ1) is 9.78. The molecule has 0 radical (unpaired) electrons. The van der Waals surface area contributed by atoms with E-state index in [-0.39, 0.29) is 51.4 Å². The first-order valence-corrected chi connectivity index (χ1v) is 1.24. The van der Waals surface area contributed by atoms with Crippen molar-refractivity contribution in [3.05, 3.63) is 6.92 Å². The van der Waals surface area contributed by atoms with Gasteiger partial charge in [-0.05, 0) is 0 Å². The minimum atomic E-state index is -0.417. The Balaban J connectivity index is 0. The van der Waals surface area contributed by atoms with Crippen molar-refractivity contribution in [2.75, 3.05) is 0 Å². The summed E-state index contributed by atoms with van der Waals surface area (Å²) >= 11 is 0. The van der Waals surface area contributed by atoms with E-state index in [9.17, 15) is 0 Å².